The highest BCUT2D eigenvalue weighted by Gasteiger charge is 2.16. The van der Waals surface area contributed by atoms with Crippen LogP contribution in [0.4, 0.5) is 4.79 Å². The summed E-state index contributed by atoms with van der Waals surface area (Å²) < 4.78 is 0. The summed E-state index contributed by atoms with van der Waals surface area (Å²) in [4.78, 5) is 15.5. The van der Waals surface area contributed by atoms with Gasteiger partial charge in [-0.15, -0.1) is 11.3 Å². The Morgan fingerprint density at radius 2 is 2.21 bits per heavy atom. The van der Waals surface area contributed by atoms with E-state index in [2.05, 4.69) is 24.4 Å². The van der Waals surface area contributed by atoms with E-state index < -0.39 is 0 Å². The van der Waals surface area contributed by atoms with E-state index in [0.29, 0.717) is 0 Å². The fourth-order valence-corrected chi connectivity index (χ4v) is 2.19. The van der Waals surface area contributed by atoms with Crippen LogP contribution in [-0.2, 0) is 0 Å². The molecule has 0 bridgehead atoms. The molecule has 0 radical (unpaired) electrons. The molecule has 1 aromatic heterocycles. The molecule has 0 aromatic carbocycles. The molecule has 0 aliphatic heterocycles. The zero-order valence-electron chi connectivity index (χ0n) is 9.00. The summed E-state index contributed by atoms with van der Waals surface area (Å²) in [5.41, 5.74) is 0. The second-order valence-electron chi connectivity index (χ2n) is 3.29. The Hall–Kier alpha value is -1.03. The number of carbonyl (C=O) groups excluding carboxylic acids is 1. The Morgan fingerprint density at radius 1 is 1.57 bits per heavy atom. The first-order valence-corrected chi connectivity index (χ1v) is 5.38. The lowest BCUT2D eigenvalue weighted by atomic mass is 10.2. The minimum absolute atomic E-state index is 0.0523. The lowest BCUT2D eigenvalue weighted by Crippen LogP contribution is -2.36. The van der Waals surface area contributed by atoms with Gasteiger partial charge in [0.15, 0.2) is 0 Å². The van der Waals surface area contributed by atoms with Crippen molar-refractivity contribution in [3.8, 4) is 0 Å². The molecule has 1 rings (SSSR count). The molecule has 0 saturated heterocycles. The summed E-state index contributed by atoms with van der Waals surface area (Å²) >= 11 is 1.73. The molecule has 0 aliphatic carbocycles. The number of hydrogen-bond donors (Lipinski definition) is 1. The Morgan fingerprint density at radius 3 is 2.64 bits per heavy atom. The van der Waals surface area contributed by atoms with E-state index in [1.54, 1.807) is 30.3 Å². The van der Waals surface area contributed by atoms with Gasteiger partial charge in [-0.1, -0.05) is 0 Å². The van der Waals surface area contributed by atoms with Gasteiger partial charge in [-0.25, -0.2) is 4.79 Å². The normalized spacial score (nSPS) is 12.3. The number of hydrogen-bond acceptors (Lipinski definition) is 2. The highest BCUT2D eigenvalue weighted by Crippen LogP contribution is 2.26. The molecule has 1 atom stereocenters. The van der Waals surface area contributed by atoms with E-state index in [1.165, 1.54) is 9.75 Å². The van der Waals surface area contributed by atoms with Crippen molar-refractivity contribution >= 4 is 17.4 Å². The third-order valence-corrected chi connectivity index (χ3v) is 3.46. The number of carbonyl (C=O) groups is 1. The van der Waals surface area contributed by atoms with Gasteiger partial charge in [0, 0.05) is 23.8 Å². The van der Waals surface area contributed by atoms with Crippen LogP contribution in [0.3, 0.4) is 0 Å². The molecule has 4 heteroatoms. The zero-order valence-corrected chi connectivity index (χ0v) is 9.81. The maximum atomic E-state index is 11.4. The maximum Gasteiger partial charge on any atom is 0.317 e. The van der Waals surface area contributed by atoms with Crippen LogP contribution in [-0.4, -0.2) is 25.0 Å². The van der Waals surface area contributed by atoms with E-state index in [-0.39, 0.29) is 12.1 Å². The Bertz CT molecular complexity index is 322. The van der Waals surface area contributed by atoms with Gasteiger partial charge in [0.05, 0.1) is 6.04 Å². The SMILES string of the molecule is CNC(=O)N(C)C(C)c1ccc(C)s1. The lowest BCUT2D eigenvalue weighted by molar-refractivity contribution is 0.197. The molecule has 3 nitrogen and oxygen atoms in total. The summed E-state index contributed by atoms with van der Waals surface area (Å²) in [6, 6.07) is 4.23. The number of aryl methyl sites for hydroxylation is 1. The third kappa shape index (κ3) is 2.26. The van der Waals surface area contributed by atoms with E-state index >= 15 is 0 Å². The lowest BCUT2D eigenvalue weighted by Gasteiger charge is -2.23. The standard InChI is InChI=1S/C10H16N2OS/c1-7-5-6-9(14-7)8(2)12(4)10(13)11-3/h5-6,8H,1-4H3,(H,11,13). The maximum absolute atomic E-state index is 11.4. The predicted octanol–water partition coefficient (Wildman–Crippen LogP) is 2.39. The predicted molar refractivity (Wildman–Crippen MR) is 59.7 cm³/mol. The van der Waals surface area contributed by atoms with Crippen molar-refractivity contribution in [2.24, 2.45) is 0 Å². The summed E-state index contributed by atoms with van der Waals surface area (Å²) in [6.45, 7) is 4.10. The average Bonchev–Trinajstić information content (AvgIpc) is 2.61. The third-order valence-electron chi connectivity index (χ3n) is 2.29. The fraction of sp³-hybridized carbons (Fsp3) is 0.500. The van der Waals surface area contributed by atoms with E-state index in [1.807, 2.05) is 6.92 Å². The van der Waals surface area contributed by atoms with Gasteiger partial charge in [0.2, 0.25) is 0 Å². The molecule has 0 saturated carbocycles. The van der Waals surface area contributed by atoms with Crippen molar-refractivity contribution in [2.45, 2.75) is 19.9 Å². The Kier molecular flexibility index (Phi) is 3.52. The van der Waals surface area contributed by atoms with E-state index in [0.717, 1.165) is 0 Å². The molecular weight excluding hydrogens is 196 g/mol. The monoisotopic (exact) mass is 212 g/mol. The van der Waals surface area contributed by atoms with Gasteiger partial charge in [0.25, 0.3) is 0 Å². The van der Waals surface area contributed by atoms with Gasteiger partial charge in [0.1, 0.15) is 0 Å². The van der Waals surface area contributed by atoms with Gasteiger partial charge in [-0.05, 0) is 26.0 Å². The second kappa shape index (κ2) is 4.46. The fourth-order valence-electron chi connectivity index (χ4n) is 1.22. The van der Waals surface area contributed by atoms with Gasteiger partial charge in [-0.3, -0.25) is 0 Å². The molecule has 1 aromatic rings. The number of nitrogens with zero attached hydrogens (tertiary/aromatic N) is 1. The molecular formula is C10H16N2OS. The van der Waals surface area contributed by atoms with Crippen molar-refractivity contribution in [2.75, 3.05) is 14.1 Å². The highest BCUT2D eigenvalue weighted by atomic mass is 32.1. The minimum atomic E-state index is -0.0523. The molecule has 1 heterocycles. The van der Waals surface area contributed by atoms with Crippen LogP contribution >= 0.6 is 11.3 Å². The molecule has 14 heavy (non-hydrogen) atoms. The molecule has 1 N–H and O–H groups in total. The molecule has 2 amide bonds. The number of amides is 2. The Balaban J connectivity index is 2.74. The molecule has 78 valence electrons. The summed E-state index contributed by atoms with van der Waals surface area (Å²) in [7, 11) is 3.45. The van der Waals surface area contributed by atoms with Crippen molar-refractivity contribution in [1.82, 2.24) is 10.2 Å². The number of urea groups is 1. The van der Waals surface area contributed by atoms with Crippen molar-refractivity contribution in [3.63, 3.8) is 0 Å². The van der Waals surface area contributed by atoms with Crippen LogP contribution in [0.15, 0.2) is 12.1 Å². The summed E-state index contributed by atoms with van der Waals surface area (Å²) in [6.07, 6.45) is 0. The number of rotatable bonds is 2. The molecule has 0 spiro atoms. The van der Waals surface area contributed by atoms with Gasteiger partial charge >= 0.3 is 6.03 Å². The quantitative estimate of drug-likeness (QED) is 0.802. The topological polar surface area (TPSA) is 32.3 Å². The molecule has 1 unspecified atom stereocenters. The van der Waals surface area contributed by atoms with Crippen molar-refractivity contribution < 1.29 is 4.79 Å². The van der Waals surface area contributed by atoms with E-state index in [4.69, 9.17) is 0 Å². The highest BCUT2D eigenvalue weighted by molar-refractivity contribution is 7.12. The molecule has 0 aliphatic rings. The van der Waals surface area contributed by atoms with Crippen LogP contribution < -0.4 is 5.32 Å². The first-order chi connectivity index (χ1) is 6.56. The molecule has 0 fully saturated rings. The largest absolute Gasteiger partial charge is 0.341 e. The zero-order chi connectivity index (χ0) is 10.7. The van der Waals surface area contributed by atoms with Crippen molar-refractivity contribution in [3.05, 3.63) is 21.9 Å². The first kappa shape index (κ1) is 11.0. The van der Waals surface area contributed by atoms with Crippen LogP contribution in [0.1, 0.15) is 22.7 Å². The first-order valence-electron chi connectivity index (χ1n) is 4.57. The van der Waals surface area contributed by atoms with Crippen LogP contribution in [0.2, 0.25) is 0 Å². The van der Waals surface area contributed by atoms with Crippen LogP contribution in [0.25, 0.3) is 0 Å². The Labute approximate surface area is 88.7 Å². The van der Waals surface area contributed by atoms with Crippen molar-refractivity contribution in [1.29, 1.82) is 0 Å². The van der Waals surface area contributed by atoms with Crippen LogP contribution in [0, 0.1) is 6.92 Å². The summed E-state index contributed by atoms with van der Waals surface area (Å²) in [5, 5.41) is 2.61. The van der Waals surface area contributed by atoms with Gasteiger partial charge in [-0.2, -0.15) is 0 Å². The smallest absolute Gasteiger partial charge is 0.317 e. The minimum Gasteiger partial charge on any atom is -0.341 e. The van der Waals surface area contributed by atoms with Crippen LogP contribution in [0.5, 0.6) is 0 Å². The second-order valence-corrected chi connectivity index (χ2v) is 4.61. The number of nitrogens with one attached hydrogen (secondary N) is 1. The summed E-state index contributed by atoms with van der Waals surface area (Å²) in [5.74, 6) is 0. The number of thiophene rings is 1. The van der Waals surface area contributed by atoms with E-state index in [9.17, 15) is 4.79 Å². The van der Waals surface area contributed by atoms with Gasteiger partial charge < -0.3 is 10.2 Å². The average molecular weight is 212 g/mol.